The van der Waals surface area contributed by atoms with Crippen LogP contribution in [0.4, 0.5) is 13.2 Å². The van der Waals surface area contributed by atoms with E-state index in [0.29, 0.717) is 0 Å². The third-order valence-corrected chi connectivity index (χ3v) is 0.831. The van der Waals surface area contributed by atoms with Gasteiger partial charge in [0.1, 0.15) is 0 Å². The molecule has 0 aromatic carbocycles. The van der Waals surface area contributed by atoms with Crippen LogP contribution < -0.4 is 5.73 Å². The molecule has 1 atom stereocenters. The summed E-state index contributed by atoms with van der Waals surface area (Å²) < 4.78 is 35.9. The molecule has 2 N–H and O–H groups in total. The fraction of sp³-hybridized carbons (Fsp3) is 0.667. The van der Waals surface area contributed by atoms with Gasteiger partial charge in [-0.15, -0.1) is 0 Å². The first-order valence-electron chi connectivity index (χ1n) is 3.27. The van der Waals surface area contributed by atoms with E-state index in [1.165, 1.54) is 13.8 Å². The number of nitrogens with two attached hydrogens (primary N) is 1. The van der Waals surface area contributed by atoms with Crippen LogP contribution in [0.1, 0.15) is 13.8 Å². The Morgan fingerprint density at radius 1 is 1.50 bits per heavy atom. The lowest BCUT2D eigenvalue weighted by molar-refractivity contribution is -0.0600. The number of amidine groups is 1. The summed E-state index contributed by atoms with van der Waals surface area (Å²) in [6.45, 7) is 2.72. The fourth-order valence-corrected chi connectivity index (χ4v) is 0.495. The zero-order chi connectivity index (χ0) is 9.78. The van der Waals surface area contributed by atoms with Crippen LogP contribution in [0.5, 0.6) is 0 Å². The molecular weight excluding hydrogens is 171 g/mol. The fourth-order valence-electron chi connectivity index (χ4n) is 0.495. The Morgan fingerprint density at radius 2 is 2.00 bits per heavy atom. The maximum Gasteiger partial charge on any atom is 0.451 e. The minimum absolute atomic E-state index is 0.898. The van der Waals surface area contributed by atoms with Gasteiger partial charge in [0.15, 0.2) is 0 Å². The minimum Gasteiger partial charge on any atom is -0.310 e. The maximum atomic E-state index is 12.0. The topological polar surface area (TPSA) is 50.7 Å². The lowest BCUT2D eigenvalue weighted by Crippen LogP contribution is -2.25. The Bertz CT molecular complexity index is 193. The summed E-state index contributed by atoms with van der Waals surface area (Å²) in [4.78, 5) is 6.16. The molecule has 0 amide bonds. The highest BCUT2D eigenvalue weighted by Gasteiger charge is 2.35. The van der Waals surface area contributed by atoms with Crippen LogP contribution in [0.25, 0.3) is 0 Å². The first-order valence-corrected chi connectivity index (χ1v) is 3.27. The number of rotatable bonds is 1. The van der Waals surface area contributed by atoms with Gasteiger partial charge >= 0.3 is 6.18 Å². The van der Waals surface area contributed by atoms with Gasteiger partial charge in [0.2, 0.25) is 5.84 Å². The number of hydrogen-bond acceptors (Lipinski definition) is 2. The Kier molecular flexibility index (Phi) is 3.88. The van der Waals surface area contributed by atoms with Crippen molar-refractivity contribution in [2.45, 2.75) is 26.2 Å². The number of nitrogens with zero attached hydrogens (tertiary/aromatic N) is 2. The molecule has 0 bridgehead atoms. The summed E-state index contributed by atoms with van der Waals surface area (Å²) in [5, 5.41) is 0. The molecule has 0 rings (SSSR count). The molecule has 6 heteroatoms. The quantitative estimate of drug-likeness (QED) is 0.481. The Hall–Kier alpha value is -0.910. The first kappa shape index (κ1) is 11.1. The number of alkyl halides is 3. The SMILES string of the molecule is CC=NC(=NC(C)N)C(F)(F)F. The third-order valence-electron chi connectivity index (χ3n) is 0.831. The summed E-state index contributed by atoms with van der Waals surface area (Å²) in [5.74, 6) is -1.19. The van der Waals surface area contributed by atoms with Crippen LogP contribution in [-0.4, -0.2) is 24.4 Å². The van der Waals surface area contributed by atoms with Crippen LogP contribution >= 0.6 is 0 Å². The summed E-state index contributed by atoms with van der Waals surface area (Å²) >= 11 is 0. The largest absolute Gasteiger partial charge is 0.451 e. The van der Waals surface area contributed by atoms with Crippen LogP contribution in [-0.2, 0) is 0 Å². The highest BCUT2D eigenvalue weighted by atomic mass is 19.4. The zero-order valence-corrected chi connectivity index (χ0v) is 6.76. The molecule has 0 aliphatic heterocycles. The van der Waals surface area contributed by atoms with E-state index in [0.717, 1.165) is 6.21 Å². The predicted octanol–water partition coefficient (Wildman–Crippen LogP) is 1.34. The molecule has 70 valence electrons. The lowest BCUT2D eigenvalue weighted by Gasteiger charge is -2.06. The molecule has 0 aliphatic rings. The minimum atomic E-state index is -4.53. The van der Waals surface area contributed by atoms with Crippen molar-refractivity contribution in [2.24, 2.45) is 15.7 Å². The van der Waals surface area contributed by atoms with Gasteiger partial charge in [-0.2, -0.15) is 13.2 Å². The molecule has 0 saturated heterocycles. The summed E-state index contributed by atoms with van der Waals surface area (Å²) in [6.07, 6.45) is -4.40. The molecule has 1 unspecified atom stereocenters. The van der Waals surface area contributed by atoms with Gasteiger partial charge in [-0.1, -0.05) is 0 Å². The van der Waals surface area contributed by atoms with Gasteiger partial charge in [-0.3, -0.25) is 0 Å². The molecule has 0 aromatic heterocycles. The van der Waals surface area contributed by atoms with Crippen molar-refractivity contribution in [2.75, 3.05) is 0 Å². The number of hydrogen-bond donors (Lipinski definition) is 1. The highest BCUT2D eigenvalue weighted by Crippen LogP contribution is 2.18. The molecule has 0 fully saturated rings. The van der Waals surface area contributed by atoms with Crippen molar-refractivity contribution >= 4 is 12.1 Å². The van der Waals surface area contributed by atoms with Crippen LogP contribution in [0, 0.1) is 0 Å². The molecule has 12 heavy (non-hydrogen) atoms. The van der Waals surface area contributed by atoms with E-state index >= 15 is 0 Å². The van der Waals surface area contributed by atoms with Crippen molar-refractivity contribution in [3.8, 4) is 0 Å². The molecular formula is C6H10F3N3. The molecule has 0 heterocycles. The van der Waals surface area contributed by atoms with Crippen molar-refractivity contribution < 1.29 is 13.2 Å². The van der Waals surface area contributed by atoms with E-state index in [2.05, 4.69) is 9.98 Å². The molecule has 0 saturated carbocycles. The van der Waals surface area contributed by atoms with Gasteiger partial charge in [-0.25, -0.2) is 9.98 Å². The van der Waals surface area contributed by atoms with E-state index in [9.17, 15) is 13.2 Å². The molecule has 0 radical (unpaired) electrons. The van der Waals surface area contributed by atoms with Gasteiger partial charge in [-0.05, 0) is 13.8 Å². The van der Waals surface area contributed by atoms with Crippen molar-refractivity contribution in [3.63, 3.8) is 0 Å². The number of halogens is 3. The first-order chi connectivity index (χ1) is 5.38. The van der Waals surface area contributed by atoms with E-state index < -0.39 is 18.2 Å². The summed E-state index contributed by atoms with van der Waals surface area (Å²) in [6, 6.07) is 0. The average Bonchev–Trinajstić information content (AvgIpc) is 1.83. The van der Waals surface area contributed by atoms with Gasteiger partial charge < -0.3 is 5.73 Å². The van der Waals surface area contributed by atoms with Gasteiger partial charge in [0, 0.05) is 6.21 Å². The second kappa shape index (κ2) is 4.20. The average molecular weight is 181 g/mol. The molecule has 0 aliphatic carbocycles. The maximum absolute atomic E-state index is 12.0. The van der Waals surface area contributed by atoms with Crippen molar-refractivity contribution in [1.29, 1.82) is 0 Å². The van der Waals surface area contributed by atoms with Crippen LogP contribution in [0.15, 0.2) is 9.98 Å². The monoisotopic (exact) mass is 181 g/mol. The van der Waals surface area contributed by atoms with Gasteiger partial charge in [0.25, 0.3) is 0 Å². The normalized spacial score (nSPS) is 17.0. The summed E-state index contributed by atoms with van der Waals surface area (Å²) in [5.41, 5.74) is 5.06. The third kappa shape index (κ3) is 4.07. The van der Waals surface area contributed by atoms with Crippen LogP contribution in [0.3, 0.4) is 0 Å². The van der Waals surface area contributed by atoms with Crippen molar-refractivity contribution in [1.82, 2.24) is 0 Å². The van der Waals surface area contributed by atoms with Crippen molar-refractivity contribution in [3.05, 3.63) is 0 Å². The van der Waals surface area contributed by atoms with E-state index in [1.807, 2.05) is 0 Å². The molecule has 0 spiro atoms. The standard InChI is InChI=1S/C6H10F3N3/c1-3-11-5(6(7,8)9)12-4(2)10/h3-4H,10H2,1-2H3. The van der Waals surface area contributed by atoms with Crippen LogP contribution in [0.2, 0.25) is 0 Å². The van der Waals surface area contributed by atoms with E-state index in [-0.39, 0.29) is 0 Å². The predicted molar refractivity (Wildman–Crippen MR) is 41.3 cm³/mol. The Balaban J connectivity index is 4.67. The lowest BCUT2D eigenvalue weighted by atomic mass is 10.5. The van der Waals surface area contributed by atoms with E-state index in [1.54, 1.807) is 0 Å². The molecule has 3 nitrogen and oxygen atoms in total. The Morgan fingerprint density at radius 3 is 2.25 bits per heavy atom. The van der Waals surface area contributed by atoms with E-state index in [4.69, 9.17) is 5.73 Å². The van der Waals surface area contributed by atoms with Gasteiger partial charge in [0.05, 0.1) is 6.17 Å². The molecule has 0 aromatic rings. The number of aliphatic imine (C=N–C) groups is 2. The second-order valence-electron chi connectivity index (χ2n) is 2.08. The summed E-state index contributed by atoms with van der Waals surface area (Å²) in [7, 11) is 0. The Labute approximate surface area is 68.2 Å². The second-order valence-corrected chi connectivity index (χ2v) is 2.08. The zero-order valence-electron chi connectivity index (χ0n) is 6.76. The highest BCUT2D eigenvalue weighted by molar-refractivity contribution is 5.93. The smallest absolute Gasteiger partial charge is 0.310 e.